The Morgan fingerprint density at radius 2 is 1.79 bits per heavy atom. The van der Waals surface area contributed by atoms with Crippen molar-refractivity contribution in [1.82, 2.24) is 9.78 Å². The van der Waals surface area contributed by atoms with Gasteiger partial charge in [-0.3, -0.25) is 4.79 Å². The normalized spacial score (nSPS) is 10.4. The molecule has 3 aromatic rings. The van der Waals surface area contributed by atoms with Crippen molar-refractivity contribution in [3.63, 3.8) is 0 Å². The third kappa shape index (κ3) is 4.75. The minimum absolute atomic E-state index is 0.123. The number of hydrogen-bond acceptors (Lipinski definition) is 5. The average Bonchev–Trinajstić information content (AvgIpc) is 3.02. The SMILES string of the molecule is CCOc1ccccc1NC(=O)COC(=O)c1c(C)nn(-c2ccccc2)c1Cl. The molecule has 1 N–H and O–H groups in total. The second kappa shape index (κ2) is 9.25. The first kappa shape index (κ1) is 20.4. The van der Waals surface area contributed by atoms with Crippen LogP contribution in [0.1, 0.15) is 23.0 Å². The number of rotatable bonds is 7. The Kier molecular flexibility index (Phi) is 6.51. The number of aromatic nitrogens is 2. The van der Waals surface area contributed by atoms with Crippen molar-refractivity contribution in [1.29, 1.82) is 0 Å². The van der Waals surface area contributed by atoms with E-state index in [-0.39, 0.29) is 10.7 Å². The molecule has 1 aromatic heterocycles. The molecule has 29 heavy (non-hydrogen) atoms. The van der Waals surface area contributed by atoms with Crippen molar-refractivity contribution in [3.8, 4) is 11.4 Å². The van der Waals surface area contributed by atoms with Crippen LogP contribution in [-0.2, 0) is 9.53 Å². The Bertz CT molecular complexity index is 1020. The molecule has 0 aliphatic rings. The Labute approximate surface area is 173 Å². The number of carbonyl (C=O) groups is 2. The molecule has 0 aliphatic carbocycles. The van der Waals surface area contributed by atoms with Gasteiger partial charge in [0.25, 0.3) is 5.91 Å². The van der Waals surface area contributed by atoms with Crippen molar-refractivity contribution in [2.75, 3.05) is 18.5 Å². The topological polar surface area (TPSA) is 82.4 Å². The van der Waals surface area contributed by atoms with E-state index in [1.54, 1.807) is 31.2 Å². The van der Waals surface area contributed by atoms with Gasteiger partial charge in [0, 0.05) is 0 Å². The Balaban J connectivity index is 1.67. The number of amides is 1. The zero-order valence-corrected chi connectivity index (χ0v) is 16.8. The summed E-state index contributed by atoms with van der Waals surface area (Å²) in [5.41, 5.74) is 1.75. The number of hydrogen-bond donors (Lipinski definition) is 1. The molecule has 0 atom stereocenters. The second-order valence-electron chi connectivity index (χ2n) is 6.05. The lowest BCUT2D eigenvalue weighted by atomic mass is 10.2. The summed E-state index contributed by atoms with van der Waals surface area (Å²) in [4.78, 5) is 24.7. The van der Waals surface area contributed by atoms with E-state index in [9.17, 15) is 9.59 Å². The van der Waals surface area contributed by atoms with Crippen LogP contribution in [0.4, 0.5) is 5.69 Å². The van der Waals surface area contributed by atoms with Crippen LogP contribution < -0.4 is 10.1 Å². The van der Waals surface area contributed by atoms with Crippen LogP contribution in [0.3, 0.4) is 0 Å². The molecule has 0 aliphatic heterocycles. The van der Waals surface area contributed by atoms with Gasteiger partial charge in [-0.25, -0.2) is 9.48 Å². The Morgan fingerprint density at radius 1 is 1.10 bits per heavy atom. The van der Waals surface area contributed by atoms with Gasteiger partial charge in [0.1, 0.15) is 16.5 Å². The van der Waals surface area contributed by atoms with Gasteiger partial charge in [0.05, 0.1) is 23.7 Å². The molecule has 0 bridgehead atoms. The summed E-state index contributed by atoms with van der Waals surface area (Å²) in [6, 6.07) is 16.2. The van der Waals surface area contributed by atoms with Crippen LogP contribution in [0.15, 0.2) is 54.6 Å². The van der Waals surface area contributed by atoms with E-state index < -0.39 is 18.5 Å². The number of benzene rings is 2. The van der Waals surface area contributed by atoms with Gasteiger partial charge in [-0.05, 0) is 38.1 Å². The first-order valence-corrected chi connectivity index (χ1v) is 9.38. The third-order valence-electron chi connectivity index (χ3n) is 4.00. The van der Waals surface area contributed by atoms with Gasteiger partial charge in [-0.2, -0.15) is 5.10 Å². The fourth-order valence-corrected chi connectivity index (χ4v) is 3.06. The lowest BCUT2D eigenvalue weighted by Crippen LogP contribution is -2.21. The highest BCUT2D eigenvalue weighted by molar-refractivity contribution is 6.33. The summed E-state index contributed by atoms with van der Waals surface area (Å²) in [6.45, 7) is 3.50. The fraction of sp³-hybridized carbons (Fsp3) is 0.190. The van der Waals surface area contributed by atoms with E-state index in [0.29, 0.717) is 29.4 Å². The first-order valence-electron chi connectivity index (χ1n) is 9.00. The van der Waals surface area contributed by atoms with Crippen molar-refractivity contribution >= 4 is 29.2 Å². The minimum Gasteiger partial charge on any atom is -0.492 e. The van der Waals surface area contributed by atoms with Crippen LogP contribution in [-0.4, -0.2) is 34.9 Å². The highest BCUT2D eigenvalue weighted by Gasteiger charge is 2.23. The van der Waals surface area contributed by atoms with Crippen molar-refractivity contribution < 1.29 is 19.1 Å². The van der Waals surface area contributed by atoms with E-state index in [2.05, 4.69) is 10.4 Å². The van der Waals surface area contributed by atoms with Crippen LogP contribution in [0, 0.1) is 6.92 Å². The van der Waals surface area contributed by atoms with E-state index in [1.807, 2.05) is 37.3 Å². The molecular weight excluding hydrogens is 394 g/mol. The van der Waals surface area contributed by atoms with E-state index in [1.165, 1.54) is 4.68 Å². The van der Waals surface area contributed by atoms with E-state index >= 15 is 0 Å². The maximum Gasteiger partial charge on any atom is 0.343 e. The molecule has 1 amide bonds. The maximum absolute atomic E-state index is 12.5. The summed E-state index contributed by atoms with van der Waals surface area (Å²) in [5, 5.41) is 7.09. The molecular formula is C21H20ClN3O4. The third-order valence-corrected chi connectivity index (χ3v) is 4.35. The van der Waals surface area contributed by atoms with Crippen molar-refractivity contribution in [3.05, 3.63) is 71.0 Å². The second-order valence-corrected chi connectivity index (χ2v) is 6.41. The maximum atomic E-state index is 12.5. The number of anilines is 1. The summed E-state index contributed by atoms with van der Waals surface area (Å²) >= 11 is 6.34. The summed E-state index contributed by atoms with van der Waals surface area (Å²) in [7, 11) is 0. The monoisotopic (exact) mass is 413 g/mol. The van der Waals surface area contributed by atoms with E-state index in [0.717, 1.165) is 0 Å². The summed E-state index contributed by atoms with van der Waals surface area (Å²) < 4.78 is 12.1. The molecule has 2 aromatic carbocycles. The van der Waals surface area contributed by atoms with Crippen LogP contribution in [0.5, 0.6) is 5.75 Å². The number of para-hydroxylation sites is 3. The van der Waals surface area contributed by atoms with Gasteiger partial charge in [0.15, 0.2) is 6.61 Å². The van der Waals surface area contributed by atoms with Gasteiger partial charge in [-0.1, -0.05) is 41.9 Å². The highest BCUT2D eigenvalue weighted by Crippen LogP contribution is 2.25. The van der Waals surface area contributed by atoms with Crippen LogP contribution in [0.25, 0.3) is 5.69 Å². The number of nitrogens with one attached hydrogen (secondary N) is 1. The zero-order valence-electron chi connectivity index (χ0n) is 16.0. The number of esters is 1. The largest absolute Gasteiger partial charge is 0.492 e. The predicted octanol–water partition coefficient (Wildman–Crippen LogP) is 4.03. The molecule has 0 saturated carbocycles. The number of aryl methyl sites for hydroxylation is 1. The Hall–Kier alpha value is -3.32. The molecule has 0 spiro atoms. The molecule has 7 nitrogen and oxygen atoms in total. The quantitative estimate of drug-likeness (QED) is 0.591. The molecule has 1 heterocycles. The lowest BCUT2D eigenvalue weighted by Gasteiger charge is -2.11. The number of ether oxygens (including phenoxy) is 2. The molecule has 3 rings (SSSR count). The van der Waals surface area contributed by atoms with Gasteiger partial charge in [-0.15, -0.1) is 0 Å². The minimum atomic E-state index is -0.720. The smallest absolute Gasteiger partial charge is 0.343 e. The van der Waals surface area contributed by atoms with Crippen LogP contribution >= 0.6 is 11.6 Å². The summed E-state index contributed by atoms with van der Waals surface area (Å²) in [5.74, 6) is -0.671. The zero-order chi connectivity index (χ0) is 20.8. The number of halogens is 1. The lowest BCUT2D eigenvalue weighted by molar-refractivity contribution is -0.119. The fourth-order valence-electron chi connectivity index (χ4n) is 2.71. The molecule has 0 unspecified atom stereocenters. The summed E-state index contributed by atoms with van der Waals surface area (Å²) in [6.07, 6.45) is 0. The number of nitrogens with zero attached hydrogens (tertiary/aromatic N) is 2. The van der Waals surface area contributed by atoms with Gasteiger partial charge in [0.2, 0.25) is 0 Å². The molecule has 150 valence electrons. The number of carbonyl (C=O) groups excluding carboxylic acids is 2. The highest BCUT2D eigenvalue weighted by atomic mass is 35.5. The van der Waals surface area contributed by atoms with Crippen molar-refractivity contribution in [2.45, 2.75) is 13.8 Å². The Morgan fingerprint density at radius 3 is 2.52 bits per heavy atom. The predicted molar refractivity (Wildman–Crippen MR) is 110 cm³/mol. The molecule has 0 saturated heterocycles. The molecule has 8 heteroatoms. The van der Waals surface area contributed by atoms with Crippen molar-refractivity contribution in [2.24, 2.45) is 0 Å². The standard InChI is InChI=1S/C21H20ClN3O4/c1-3-28-17-12-8-7-11-16(17)23-18(26)13-29-21(27)19-14(2)24-25(20(19)22)15-9-5-4-6-10-15/h4-12H,3,13H2,1-2H3,(H,23,26). The average molecular weight is 414 g/mol. The molecule has 0 fully saturated rings. The molecule has 0 radical (unpaired) electrons. The first-order chi connectivity index (χ1) is 14.0. The van der Waals surface area contributed by atoms with Gasteiger partial charge >= 0.3 is 5.97 Å². The van der Waals surface area contributed by atoms with Crippen LogP contribution in [0.2, 0.25) is 5.15 Å². The van der Waals surface area contributed by atoms with E-state index in [4.69, 9.17) is 21.1 Å². The van der Waals surface area contributed by atoms with Gasteiger partial charge < -0.3 is 14.8 Å².